The van der Waals surface area contributed by atoms with Crippen molar-refractivity contribution in [2.45, 2.75) is 41.5 Å². The van der Waals surface area contributed by atoms with Gasteiger partial charge in [-0.2, -0.15) is 0 Å². The second-order valence-corrected chi connectivity index (χ2v) is 21.7. The first kappa shape index (κ1) is 43.7. The van der Waals surface area contributed by atoms with Crippen molar-refractivity contribution in [3.8, 4) is 0 Å². The molecule has 1 aromatic heterocycles. The quantitative estimate of drug-likeness (QED) is 0.0851. The second kappa shape index (κ2) is 17.9. The first-order valence-electron chi connectivity index (χ1n) is 20.3. The monoisotopic (exact) mass is 881 g/mol. The molecule has 0 saturated carbocycles. The number of rotatable bonds is 8. The molecule has 6 heteroatoms. The van der Waals surface area contributed by atoms with E-state index in [9.17, 15) is 0 Å². The Balaban J connectivity index is 0.00000281. The summed E-state index contributed by atoms with van der Waals surface area (Å²) in [6.45, 7) is 13.1. The van der Waals surface area contributed by atoms with Crippen molar-refractivity contribution in [2.24, 2.45) is 9.49 Å². The summed E-state index contributed by atoms with van der Waals surface area (Å²) in [7, 11) is -5.55. The van der Waals surface area contributed by atoms with E-state index in [0.29, 0.717) is 0 Å². The third-order valence-electron chi connectivity index (χ3n) is 11.5. The minimum Gasteiger partial charge on any atom is -0.455 e. The van der Waals surface area contributed by atoms with Crippen LogP contribution in [0.1, 0.15) is 33.4 Å². The van der Waals surface area contributed by atoms with Gasteiger partial charge in [-0.25, -0.2) is 0 Å². The van der Waals surface area contributed by atoms with Gasteiger partial charge in [-0.15, -0.1) is 0 Å². The number of aryl methyl sites for hydroxylation is 6. The van der Waals surface area contributed by atoms with E-state index in [2.05, 4.69) is 224 Å². The maximum atomic E-state index is 7.58. The van der Waals surface area contributed by atoms with Crippen molar-refractivity contribution in [1.29, 1.82) is 0 Å². The van der Waals surface area contributed by atoms with Crippen molar-refractivity contribution in [1.82, 2.24) is 0 Å². The topological polar surface area (TPSA) is 37.9 Å². The molecule has 61 heavy (non-hydrogen) atoms. The largest absolute Gasteiger partial charge is 0.455 e. The summed E-state index contributed by atoms with van der Waals surface area (Å²) in [5, 5.41) is 9.04. The molecule has 0 aliphatic rings. The molecule has 0 fully saturated rings. The van der Waals surface area contributed by atoms with E-state index < -0.39 is 14.1 Å². The van der Waals surface area contributed by atoms with Crippen molar-refractivity contribution in [2.75, 3.05) is 0 Å². The van der Waals surface area contributed by atoms with Gasteiger partial charge in [0.2, 0.25) is 0 Å². The summed E-state index contributed by atoms with van der Waals surface area (Å²) in [4.78, 5) is 0. The van der Waals surface area contributed by atoms with Crippen LogP contribution < -0.4 is 31.8 Å². The van der Waals surface area contributed by atoms with Gasteiger partial charge >= 0.3 is 0 Å². The van der Waals surface area contributed by atoms with Crippen molar-refractivity contribution >= 4 is 79.2 Å². The molecular weight excluding hydrogens is 832 g/mol. The summed E-state index contributed by atoms with van der Waals surface area (Å²) in [5.74, 6) is 0. The maximum Gasteiger partial charge on any atom is 0.145 e. The van der Waals surface area contributed by atoms with Crippen LogP contribution in [0.4, 0.5) is 11.4 Å². The van der Waals surface area contributed by atoms with Gasteiger partial charge in [0.1, 0.15) is 11.2 Å². The molecule has 8 aromatic carbocycles. The zero-order chi connectivity index (χ0) is 40.7. The van der Waals surface area contributed by atoms with Crippen LogP contribution in [0.5, 0.6) is 0 Å². The van der Waals surface area contributed by atoms with Crippen LogP contribution in [-0.2, 0) is 19.5 Å². The van der Waals surface area contributed by atoms with E-state index in [4.69, 9.17) is 13.9 Å². The summed E-state index contributed by atoms with van der Waals surface area (Å²) in [5.41, 5.74) is 10.9. The molecule has 0 saturated heterocycles. The third kappa shape index (κ3) is 7.66. The molecule has 0 unspecified atom stereocenters. The molecule has 300 valence electrons. The van der Waals surface area contributed by atoms with E-state index in [1.807, 2.05) is 0 Å². The summed E-state index contributed by atoms with van der Waals surface area (Å²) in [6, 6.07) is 65.9. The first-order chi connectivity index (χ1) is 28.7. The Kier molecular flexibility index (Phi) is 12.9. The maximum absolute atomic E-state index is 7.58. The zero-order valence-electron chi connectivity index (χ0n) is 36.2. The molecule has 0 N–H and O–H groups in total. The fourth-order valence-electron chi connectivity index (χ4n) is 9.03. The Morgan fingerprint density at radius 1 is 0.361 bits per heavy atom. The van der Waals surface area contributed by atoms with Gasteiger partial charge < -0.3 is 11.8 Å². The smallest absolute Gasteiger partial charge is 0.145 e. The van der Waals surface area contributed by atoms with Gasteiger partial charge in [0.15, 0.2) is 0 Å². The predicted octanol–water partition coefficient (Wildman–Crippen LogP) is 13.5. The number of furan rings is 1. The van der Waals surface area contributed by atoms with Crippen molar-refractivity contribution in [3.05, 3.63) is 223 Å². The average Bonchev–Trinajstić information content (AvgIpc) is 3.64. The van der Waals surface area contributed by atoms with Crippen LogP contribution in [0.25, 0.3) is 21.9 Å². The van der Waals surface area contributed by atoms with Crippen LogP contribution in [-0.4, -0.2) is 0 Å². The Labute approximate surface area is 374 Å². The average molecular weight is 883 g/mol. The molecule has 0 aliphatic heterocycles. The van der Waals surface area contributed by atoms with Crippen LogP contribution in [0.2, 0.25) is 0 Å². The Morgan fingerprint density at radius 3 is 0.918 bits per heavy atom. The van der Waals surface area contributed by atoms with Crippen molar-refractivity contribution in [3.63, 3.8) is 0 Å². The van der Waals surface area contributed by atoms with Gasteiger partial charge in [0.25, 0.3) is 0 Å². The van der Waals surface area contributed by atoms with Crippen LogP contribution >= 0.6 is 14.1 Å². The van der Waals surface area contributed by atoms with E-state index in [-0.39, 0.29) is 26.9 Å². The second-order valence-electron chi connectivity index (χ2n) is 15.7. The van der Waals surface area contributed by atoms with Crippen LogP contribution in [0.15, 0.2) is 196 Å². The number of hydrogen-bond acceptors (Lipinski definition) is 3. The van der Waals surface area contributed by atoms with Gasteiger partial charge in [0.05, 0.1) is 25.5 Å². The Bertz CT molecular complexity index is 2780. The molecular formula is C55H51N2OP2Zn-. The number of nitrogens with zero attached hydrogens (tertiary/aromatic N) is 2. The number of fused-ring (bicyclic) bond motifs is 3. The van der Waals surface area contributed by atoms with Crippen LogP contribution in [0, 0.1) is 49.0 Å². The number of hydrogen-bond donors (Lipinski definition) is 0. The van der Waals surface area contributed by atoms with Crippen molar-refractivity contribution < 1.29 is 23.9 Å². The molecule has 0 spiro atoms. The van der Waals surface area contributed by atoms with Gasteiger partial charge in [0, 0.05) is 62.1 Å². The molecule has 0 radical (unpaired) electrons. The van der Waals surface area contributed by atoms with Crippen LogP contribution in [0.3, 0.4) is 0 Å². The Hall–Kier alpha value is -5.36. The minimum atomic E-state index is -2.77. The summed E-state index contributed by atoms with van der Waals surface area (Å²) >= 11 is 0. The normalized spacial score (nSPS) is 11.5. The Morgan fingerprint density at radius 2 is 0.639 bits per heavy atom. The molecule has 0 bridgehead atoms. The van der Waals surface area contributed by atoms with Gasteiger partial charge in [-0.3, -0.25) is 9.49 Å². The zero-order valence-corrected chi connectivity index (χ0v) is 41.0. The molecule has 3 nitrogen and oxygen atoms in total. The van der Waals surface area contributed by atoms with E-state index in [1.54, 1.807) is 0 Å². The molecule has 1 heterocycles. The fourth-order valence-corrected chi connectivity index (χ4v) is 16.6. The number of benzene rings is 8. The predicted molar refractivity (Wildman–Crippen MR) is 263 cm³/mol. The van der Waals surface area contributed by atoms with E-state index >= 15 is 0 Å². The first-order valence-corrected chi connectivity index (χ1v) is 23.8. The van der Waals surface area contributed by atoms with E-state index in [1.165, 1.54) is 54.6 Å². The molecule has 0 atom stereocenters. The van der Waals surface area contributed by atoms with Gasteiger partial charge in [-0.05, 0) is 75.9 Å². The SMILES string of the molecule is Cc1cc(C)c(N=P(c2ccccc2)(c2ccccc2)c2cccc3c2oc2c(P(=Nc4c(C)cc(C)cc4C)(c4ccccc4)c4ccccc4)cccc23)c(C)c1.[CH3-].[Zn]. The molecule has 9 rings (SSSR count). The fraction of sp³-hybridized carbons (Fsp3) is 0.109. The van der Waals surface area contributed by atoms with E-state index in [0.717, 1.165) is 43.9 Å². The standard InChI is InChI=1S/C54H48N2OP2.CH3.Zn/c1-37-33-39(3)51(40(4)34-37)55-58(43-21-11-7-12-22-43,44-23-13-8-14-24-44)49-31-19-29-47-48-30-20-32-50(54(48)57-53(47)49)59(45-25-15-9-16-26-45,46-27-17-10-18-28-46)56-52-41(5)35-38(2)36-42(52)6;;/h7-36H,1-6H3;1H3;/q;-1;. The summed E-state index contributed by atoms with van der Waals surface area (Å²) in [6.07, 6.45) is 0. The minimum absolute atomic E-state index is 0. The summed E-state index contributed by atoms with van der Waals surface area (Å²) < 4.78 is 19.7. The third-order valence-corrected chi connectivity index (χ3v) is 18.8. The molecule has 0 amide bonds. The van der Waals surface area contributed by atoms with Gasteiger partial charge in [-0.1, -0.05) is 181 Å². The molecule has 0 aliphatic carbocycles. The molecule has 9 aromatic rings. The number of para-hydroxylation sites is 2.